The first-order valence-corrected chi connectivity index (χ1v) is 11.1. The lowest BCUT2D eigenvalue weighted by molar-refractivity contribution is -0.120. The van der Waals surface area contributed by atoms with Gasteiger partial charge in [0.15, 0.2) is 11.5 Å². The minimum atomic E-state index is -0.0269. The van der Waals surface area contributed by atoms with Crippen molar-refractivity contribution in [1.82, 2.24) is 5.32 Å². The molecule has 1 amide bonds. The highest BCUT2D eigenvalue weighted by Crippen LogP contribution is 2.34. The molecule has 2 aromatic rings. The van der Waals surface area contributed by atoms with Crippen LogP contribution in [0.25, 0.3) is 0 Å². The van der Waals surface area contributed by atoms with Crippen molar-refractivity contribution in [2.75, 3.05) is 31.2 Å². The number of carbonyl (C=O) groups excluding carboxylic acids is 1. The van der Waals surface area contributed by atoms with Gasteiger partial charge < -0.3 is 19.7 Å². The Morgan fingerprint density at radius 3 is 2.28 bits per heavy atom. The highest BCUT2D eigenvalue weighted by atomic mass is 79.9. The Hall–Kier alpha value is -2.21. The normalized spacial score (nSPS) is 13.4. The Labute approximate surface area is 181 Å². The molecule has 1 saturated heterocycles. The quantitative estimate of drug-likeness (QED) is 0.588. The zero-order valence-electron chi connectivity index (χ0n) is 17.2. The van der Waals surface area contributed by atoms with Crippen molar-refractivity contribution in [3.8, 4) is 11.5 Å². The van der Waals surface area contributed by atoms with Crippen LogP contribution in [0.4, 0.5) is 5.69 Å². The van der Waals surface area contributed by atoms with Crippen LogP contribution in [-0.4, -0.2) is 32.2 Å². The summed E-state index contributed by atoms with van der Waals surface area (Å²) in [4.78, 5) is 14.9. The van der Waals surface area contributed by atoms with Crippen molar-refractivity contribution in [3.05, 3.63) is 52.0 Å². The molecule has 29 heavy (non-hydrogen) atoms. The fraction of sp³-hybridized carbons (Fsp3) is 0.435. The summed E-state index contributed by atoms with van der Waals surface area (Å²) in [6.07, 6.45) is 2.81. The Kier molecular flexibility index (Phi) is 7.81. The molecular formula is C23H29BrN2O3. The molecule has 0 aromatic heterocycles. The van der Waals surface area contributed by atoms with Gasteiger partial charge in [0.25, 0.3) is 0 Å². The van der Waals surface area contributed by atoms with Crippen LogP contribution in [0.2, 0.25) is 0 Å². The second-order valence-corrected chi connectivity index (χ2v) is 7.92. The summed E-state index contributed by atoms with van der Waals surface area (Å²) in [6.45, 7) is 7.76. The second kappa shape index (κ2) is 10.5. The standard InChI is InChI=1S/C23H29BrN2O3/c1-3-28-21-13-18(20(24)15-22(21)29-4-2)14-23(27)25-16-17-7-9-19(10-8-17)26-11-5-6-12-26/h7-10,13,15H,3-6,11-12,14,16H2,1-2H3,(H,25,27). The maximum absolute atomic E-state index is 12.5. The van der Waals surface area contributed by atoms with E-state index in [1.54, 1.807) is 0 Å². The van der Waals surface area contributed by atoms with Gasteiger partial charge >= 0.3 is 0 Å². The maximum atomic E-state index is 12.5. The number of hydrogen-bond donors (Lipinski definition) is 1. The molecule has 1 aliphatic heterocycles. The summed E-state index contributed by atoms with van der Waals surface area (Å²) < 4.78 is 12.1. The predicted molar refractivity (Wildman–Crippen MR) is 120 cm³/mol. The summed E-state index contributed by atoms with van der Waals surface area (Å²) in [5.41, 5.74) is 3.24. The number of benzene rings is 2. The molecule has 0 aliphatic carbocycles. The van der Waals surface area contributed by atoms with E-state index in [1.807, 2.05) is 26.0 Å². The molecule has 0 radical (unpaired) electrons. The number of amides is 1. The first-order chi connectivity index (χ1) is 14.1. The summed E-state index contributed by atoms with van der Waals surface area (Å²) in [5, 5.41) is 3.01. The molecule has 2 aromatic carbocycles. The van der Waals surface area contributed by atoms with Gasteiger partial charge in [-0.25, -0.2) is 0 Å². The molecule has 1 fully saturated rings. The molecule has 0 atom stereocenters. The highest BCUT2D eigenvalue weighted by Gasteiger charge is 2.14. The van der Waals surface area contributed by atoms with Gasteiger partial charge in [-0.1, -0.05) is 28.1 Å². The zero-order valence-corrected chi connectivity index (χ0v) is 18.8. The number of anilines is 1. The Bertz CT molecular complexity index is 818. The van der Waals surface area contributed by atoms with Gasteiger partial charge in [0.1, 0.15) is 0 Å². The van der Waals surface area contributed by atoms with E-state index in [1.165, 1.54) is 18.5 Å². The molecule has 1 heterocycles. The molecule has 0 bridgehead atoms. The Morgan fingerprint density at radius 2 is 1.66 bits per heavy atom. The minimum Gasteiger partial charge on any atom is -0.490 e. The lowest BCUT2D eigenvalue weighted by Crippen LogP contribution is -2.24. The number of hydrogen-bond acceptors (Lipinski definition) is 4. The molecule has 5 nitrogen and oxygen atoms in total. The minimum absolute atomic E-state index is 0.0269. The van der Waals surface area contributed by atoms with E-state index in [9.17, 15) is 4.79 Å². The van der Waals surface area contributed by atoms with Crippen LogP contribution >= 0.6 is 15.9 Å². The van der Waals surface area contributed by atoms with Crippen LogP contribution in [0.1, 0.15) is 37.8 Å². The van der Waals surface area contributed by atoms with Crippen molar-refractivity contribution < 1.29 is 14.3 Å². The largest absolute Gasteiger partial charge is 0.490 e. The summed E-state index contributed by atoms with van der Waals surface area (Å²) in [7, 11) is 0. The van der Waals surface area contributed by atoms with Crippen LogP contribution in [0.3, 0.4) is 0 Å². The molecule has 1 aliphatic rings. The fourth-order valence-corrected chi connectivity index (χ4v) is 3.95. The first kappa shape index (κ1) is 21.5. The molecule has 6 heteroatoms. The molecule has 0 spiro atoms. The summed E-state index contributed by atoms with van der Waals surface area (Å²) in [5.74, 6) is 1.32. The van der Waals surface area contributed by atoms with Crippen LogP contribution in [0, 0.1) is 0 Å². The van der Waals surface area contributed by atoms with Crippen molar-refractivity contribution >= 4 is 27.5 Å². The number of carbonyl (C=O) groups is 1. The van der Waals surface area contributed by atoms with Gasteiger partial charge in [-0.15, -0.1) is 0 Å². The van der Waals surface area contributed by atoms with Crippen LogP contribution in [0.5, 0.6) is 11.5 Å². The molecule has 156 valence electrons. The maximum Gasteiger partial charge on any atom is 0.224 e. The topological polar surface area (TPSA) is 50.8 Å². The zero-order chi connectivity index (χ0) is 20.6. The average Bonchev–Trinajstić information content (AvgIpc) is 3.25. The monoisotopic (exact) mass is 460 g/mol. The van der Waals surface area contributed by atoms with Gasteiger partial charge in [0.05, 0.1) is 19.6 Å². The first-order valence-electron chi connectivity index (χ1n) is 10.3. The van der Waals surface area contributed by atoms with E-state index in [0.717, 1.165) is 28.7 Å². The Morgan fingerprint density at radius 1 is 1.03 bits per heavy atom. The third-order valence-electron chi connectivity index (χ3n) is 4.96. The third-order valence-corrected chi connectivity index (χ3v) is 5.70. The van der Waals surface area contributed by atoms with Gasteiger partial charge in [0, 0.05) is 29.8 Å². The van der Waals surface area contributed by atoms with Crippen LogP contribution < -0.4 is 19.7 Å². The smallest absolute Gasteiger partial charge is 0.224 e. The third kappa shape index (κ3) is 5.89. The highest BCUT2D eigenvalue weighted by molar-refractivity contribution is 9.10. The number of rotatable bonds is 9. The summed E-state index contributed by atoms with van der Waals surface area (Å²) >= 11 is 3.55. The van der Waals surface area contributed by atoms with Gasteiger partial charge in [-0.05, 0) is 62.1 Å². The van der Waals surface area contributed by atoms with Crippen molar-refractivity contribution in [1.29, 1.82) is 0 Å². The van der Waals surface area contributed by atoms with E-state index < -0.39 is 0 Å². The predicted octanol–water partition coefficient (Wildman–Crippen LogP) is 4.71. The molecule has 0 saturated carbocycles. The van der Waals surface area contributed by atoms with Gasteiger partial charge in [-0.3, -0.25) is 4.79 Å². The van der Waals surface area contributed by atoms with Gasteiger partial charge in [0.2, 0.25) is 5.91 Å². The molecule has 1 N–H and O–H groups in total. The number of nitrogens with one attached hydrogen (secondary N) is 1. The fourth-order valence-electron chi connectivity index (χ4n) is 3.49. The second-order valence-electron chi connectivity index (χ2n) is 7.07. The number of ether oxygens (including phenoxy) is 2. The van der Waals surface area contributed by atoms with E-state index in [2.05, 4.69) is 50.4 Å². The van der Waals surface area contributed by atoms with E-state index in [0.29, 0.717) is 31.3 Å². The lowest BCUT2D eigenvalue weighted by Gasteiger charge is -2.17. The van der Waals surface area contributed by atoms with Crippen LogP contribution in [-0.2, 0) is 17.8 Å². The molecular weight excluding hydrogens is 432 g/mol. The summed E-state index contributed by atoms with van der Waals surface area (Å²) in [6, 6.07) is 12.2. The Balaban J connectivity index is 1.58. The van der Waals surface area contributed by atoms with E-state index in [-0.39, 0.29) is 12.3 Å². The van der Waals surface area contributed by atoms with E-state index >= 15 is 0 Å². The number of halogens is 1. The van der Waals surface area contributed by atoms with Crippen molar-refractivity contribution in [2.45, 2.75) is 39.7 Å². The molecule has 3 rings (SSSR count). The average molecular weight is 461 g/mol. The van der Waals surface area contributed by atoms with Crippen LogP contribution in [0.15, 0.2) is 40.9 Å². The van der Waals surface area contributed by atoms with Crippen molar-refractivity contribution in [3.63, 3.8) is 0 Å². The van der Waals surface area contributed by atoms with E-state index in [4.69, 9.17) is 9.47 Å². The molecule has 0 unspecified atom stereocenters. The lowest BCUT2D eigenvalue weighted by atomic mass is 10.1. The van der Waals surface area contributed by atoms with Crippen molar-refractivity contribution in [2.24, 2.45) is 0 Å². The van der Waals surface area contributed by atoms with Gasteiger partial charge in [-0.2, -0.15) is 0 Å². The number of nitrogens with zero attached hydrogens (tertiary/aromatic N) is 1. The SMILES string of the molecule is CCOc1cc(Br)c(CC(=O)NCc2ccc(N3CCCC3)cc2)cc1OCC.